The second-order valence-electron chi connectivity index (χ2n) is 3.76. The zero-order valence-electron chi connectivity index (χ0n) is 10.9. The van der Waals surface area contributed by atoms with Crippen molar-refractivity contribution >= 4 is 50.1 Å². The molecule has 8 heteroatoms. The number of carbonyl (C=O) groups excluding carboxylic acids is 1. The van der Waals surface area contributed by atoms with Gasteiger partial charge in [0.1, 0.15) is 5.75 Å². The fourth-order valence-corrected chi connectivity index (χ4v) is 3.08. The molecule has 0 fully saturated rings. The molecule has 0 bridgehead atoms. The van der Waals surface area contributed by atoms with E-state index in [4.69, 9.17) is 4.74 Å². The maximum atomic E-state index is 11.7. The number of aromatic nitrogens is 2. The van der Waals surface area contributed by atoms with Gasteiger partial charge in [0.25, 0.3) is 5.91 Å². The lowest BCUT2D eigenvalue weighted by Gasteiger charge is -2.05. The van der Waals surface area contributed by atoms with Crippen LogP contribution in [-0.4, -0.2) is 28.5 Å². The highest BCUT2D eigenvalue weighted by Crippen LogP contribution is 2.25. The number of halogens is 1. The maximum Gasteiger partial charge on any atom is 0.264 e. The summed E-state index contributed by atoms with van der Waals surface area (Å²) in [4.78, 5) is 11.7. The monoisotopic (exact) mass is 385 g/mol. The van der Waals surface area contributed by atoms with Crippen molar-refractivity contribution in [3.63, 3.8) is 0 Å². The predicted octanol–water partition coefficient (Wildman–Crippen LogP) is 3.60. The van der Waals surface area contributed by atoms with E-state index in [1.54, 1.807) is 18.2 Å². The van der Waals surface area contributed by atoms with Crippen LogP contribution in [-0.2, 0) is 4.79 Å². The van der Waals surface area contributed by atoms with E-state index in [1.165, 1.54) is 23.1 Å². The molecular weight excluding hydrogens is 374 g/mol. The van der Waals surface area contributed by atoms with Gasteiger partial charge in [0, 0.05) is 10.2 Å². The average molecular weight is 386 g/mol. The second-order valence-corrected chi connectivity index (χ2v) is 6.92. The molecule has 0 aliphatic rings. The van der Waals surface area contributed by atoms with Crippen molar-refractivity contribution in [2.75, 3.05) is 17.7 Å². The van der Waals surface area contributed by atoms with Crippen molar-refractivity contribution in [3.05, 3.63) is 41.4 Å². The summed E-state index contributed by atoms with van der Waals surface area (Å²) < 4.78 is 7.12. The molecule has 0 radical (unpaired) electrons. The summed E-state index contributed by atoms with van der Waals surface area (Å²) >= 11 is 6.18. The number of carbonyl (C=O) groups is 1. The van der Waals surface area contributed by atoms with E-state index in [2.05, 4.69) is 38.0 Å². The molecule has 1 amide bonds. The average Bonchev–Trinajstić information content (AvgIpc) is 2.92. The quantitative estimate of drug-likeness (QED) is 0.448. The molecule has 0 saturated heterocycles. The molecule has 1 heterocycles. The lowest BCUT2D eigenvalue weighted by atomic mass is 10.3. The van der Waals surface area contributed by atoms with Gasteiger partial charge in [-0.1, -0.05) is 45.1 Å². The van der Waals surface area contributed by atoms with Crippen LogP contribution in [0.4, 0.5) is 5.13 Å². The third kappa shape index (κ3) is 5.49. The first-order chi connectivity index (χ1) is 10.2. The zero-order valence-corrected chi connectivity index (χ0v) is 14.1. The smallest absolute Gasteiger partial charge is 0.264 e. The second kappa shape index (κ2) is 8.16. The van der Waals surface area contributed by atoms with Gasteiger partial charge < -0.3 is 4.74 Å². The summed E-state index contributed by atoms with van der Waals surface area (Å²) in [5.41, 5.74) is 0. The van der Waals surface area contributed by atoms with Crippen molar-refractivity contribution in [1.82, 2.24) is 10.2 Å². The number of amides is 1. The van der Waals surface area contributed by atoms with Gasteiger partial charge >= 0.3 is 0 Å². The maximum absolute atomic E-state index is 11.7. The van der Waals surface area contributed by atoms with Gasteiger partial charge in [-0.3, -0.25) is 10.1 Å². The number of anilines is 1. The van der Waals surface area contributed by atoms with Crippen molar-refractivity contribution < 1.29 is 9.53 Å². The van der Waals surface area contributed by atoms with E-state index in [0.717, 1.165) is 14.6 Å². The van der Waals surface area contributed by atoms with Crippen LogP contribution < -0.4 is 10.1 Å². The van der Waals surface area contributed by atoms with Gasteiger partial charge in [0.2, 0.25) is 5.13 Å². The normalized spacial score (nSPS) is 10.1. The van der Waals surface area contributed by atoms with Crippen molar-refractivity contribution in [1.29, 1.82) is 0 Å². The van der Waals surface area contributed by atoms with Gasteiger partial charge in [-0.25, -0.2) is 0 Å². The zero-order chi connectivity index (χ0) is 15.1. The number of hydrogen-bond donors (Lipinski definition) is 1. The number of nitrogens with one attached hydrogen (secondary N) is 1. The van der Waals surface area contributed by atoms with E-state index in [1.807, 2.05) is 12.1 Å². The Kier molecular flexibility index (Phi) is 6.21. The molecule has 0 aliphatic heterocycles. The summed E-state index contributed by atoms with van der Waals surface area (Å²) in [5.74, 6) is 1.12. The molecule has 1 N–H and O–H groups in total. The van der Waals surface area contributed by atoms with Gasteiger partial charge in [-0.2, -0.15) is 0 Å². The molecule has 1 aromatic heterocycles. The fourth-order valence-electron chi connectivity index (χ4n) is 1.28. The fraction of sp³-hybridized carbons (Fsp3) is 0.154. The molecule has 1 aromatic carbocycles. The summed E-state index contributed by atoms with van der Waals surface area (Å²) in [5, 5.41) is 11.0. The summed E-state index contributed by atoms with van der Waals surface area (Å²) in [7, 11) is 0. The Morgan fingerprint density at radius 1 is 1.43 bits per heavy atom. The van der Waals surface area contributed by atoms with Crippen LogP contribution in [0.5, 0.6) is 5.75 Å². The third-order valence-electron chi connectivity index (χ3n) is 2.16. The molecule has 0 saturated carbocycles. The first-order valence-corrected chi connectivity index (χ1v) is 8.52. The first kappa shape index (κ1) is 16.0. The highest BCUT2D eigenvalue weighted by Gasteiger charge is 2.09. The summed E-state index contributed by atoms with van der Waals surface area (Å²) in [6.07, 6.45) is 1.79. The molecule has 0 spiro atoms. The topological polar surface area (TPSA) is 64.1 Å². The lowest BCUT2D eigenvalue weighted by Crippen LogP contribution is -2.20. The number of thioether (sulfide) groups is 1. The first-order valence-electron chi connectivity index (χ1n) is 5.93. The van der Waals surface area contributed by atoms with Crippen LogP contribution in [0.25, 0.3) is 0 Å². The van der Waals surface area contributed by atoms with Crippen LogP contribution in [0.3, 0.4) is 0 Å². The SMILES string of the molecule is C=CCSc1nnc(NC(=O)COc2ccc(Br)cc2)s1. The largest absolute Gasteiger partial charge is 0.484 e. The minimum atomic E-state index is -0.269. The Balaban J connectivity index is 1.80. The molecule has 5 nitrogen and oxygen atoms in total. The van der Waals surface area contributed by atoms with E-state index in [9.17, 15) is 4.79 Å². The molecule has 21 heavy (non-hydrogen) atoms. The summed E-state index contributed by atoms with van der Waals surface area (Å²) in [6.45, 7) is 3.56. The van der Waals surface area contributed by atoms with E-state index >= 15 is 0 Å². The van der Waals surface area contributed by atoms with Crippen LogP contribution in [0, 0.1) is 0 Å². The molecule has 0 atom stereocenters. The van der Waals surface area contributed by atoms with Crippen molar-refractivity contribution in [3.8, 4) is 5.75 Å². The molecule has 2 aromatic rings. The van der Waals surface area contributed by atoms with Crippen molar-refractivity contribution in [2.45, 2.75) is 4.34 Å². The van der Waals surface area contributed by atoms with Gasteiger partial charge in [-0.15, -0.1) is 16.8 Å². The minimum Gasteiger partial charge on any atom is -0.484 e. The van der Waals surface area contributed by atoms with E-state index in [0.29, 0.717) is 10.9 Å². The molecule has 110 valence electrons. The lowest BCUT2D eigenvalue weighted by molar-refractivity contribution is -0.118. The molecule has 2 rings (SSSR count). The highest BCUT2D eigenvalue weighted by atomic mass is 79.9. The van der Waals surface area contributed by atoms with Gasteiger partial charge in [0.15, 0.2) is 10.9 Å². The number of nitrogens with zero attached hydrogens (tertiary/aromatic N) is 2. The van der Waals surface area contributed by atoms with Crippen molar-refractivity contribution in [2.24, 2.45) is 0 Å². The van der Waals surface area contributed by atoms with E-state index < -0.39 is 0 Å². The molecule has 0 aliphatic carbocycles. The van der Waals surface area contributed by atoms with Crippen LogP contribution >= 0.6 is 39.0 Å². The number of rotatable bonds is 7. The number of hydrogen-bond acceptors (Lipinski definition) is 6. The minimum absolute atomic E-state index is 0.0731. The molecular formula is C13H12BrN3O2S2. The standard InChI is InChI=1S/C13H12BrN3O2S2/c1-2-7-20-13-17-16-12(21-13)15-11(18)8-19-10-5-3-9(14)4-6-10/h2-6H,1,7-8H2,(H,15,16,18). The Bertz CT molecular complexity index is 616. The predicted molar refractivity (Wildman–Crippen MR) is 89.1 cm³/mol. The Morgan fingerprint density at radius 2 is 2.19 bits per heavy atom. The van der Waals surface area contributed by atoms with Crippen LogP contribution in [0.15, 0.2) is 45.7 Å². The highest BCUT2D eigenvalue weighted by molar-refractivity contribution is 9.10. The Labute approximate surface area is 138 Å². The van der Waals surface area contributed by atoms with Crippen LogP contribution in [0.1, 0.15) is 0 Å². The number of ether oxygens (including phenoxy) is 1. The molecule has 0 unspecified atom stereocenters. The number of benzene rings is 1. The van der Waals surface area contributed by atoms with Gasteiger partial charge in [-0.05, 0) is 24.3 Å². The third-order valence-corrected chi connectivity index (χ3v) is 4.66. The summed E-state index contributed by atoms with van der Waals surface area (Å²) in [6, 6.07) is 7.26. The Morgan fingerprint density at radius 3 is 2.90 bits per heavy atom. The van der Waals surface area contributed by atoms with Crippen LogP contribution in [0.2, 0.25) is 0 Å². The van der Waals surface area contributed by atoms with Gasteiger partial charge in [0.05, 0.1) is 0 Å². The Hall–Kier alpha value is -1.38. The van der Waals surface area contributed by atoms with E-state index in [-0.39, 0.29) is 12.5 Å².